The van der Waals surface area contributed by atoms with E-state index in [2.05, 4.69) is 33.5 Å². The largest absolute Gasteiger partial charge is 0.395 e. The molecule has 4 rings (SSSR count). The van der Waals surface area contributed by atoms with E-state index in [0.717, 1.165) is 36.0 Å². The van der Waals surface area contributed by atoms with Crippen molar-refractivity contribution in [2.75, 3.05) is 38.2 Å². The van der Waals surface area contributed by atoms with Crippen molar-refractivity contribution in [3.63, 3.8) is 0 Å². The third-order valence-electron chi connectivity index (χ3n) is 5.07. The zero-order valence-corrected chi connectivity index (χ0v) is 12.4. The van der Waals surface area contributed by atoms with Gasteiger partial charge in [0.1, 0.15) is 0 Å². The van der Waals surface area contributed by atoms with Crippen LogP contribution >= 0.6 is 0 Å². The van der Waals surface area contributed by atoms with Crippen LogP contribution in [0.4, 0.5) is 5.95 Å². The Kier molecular flexibility index (Phi) is 3.12. The Labute approximate surface area is 124 Å². The number of anilines is 1. The highest BCUT2D eigenvalue weighted by Crippen LogP contribution is 2.34. The van der Waals surface area contributed by atoms with Gasteiger partial charge in [0.25, 0.3) is 0 Å². The Morgan fingerprint density at radius 3 is 2.95 bits per heavy atom. The summed E-state index contributed by atoms with van der Waals surface area (Å²) >= 11 is 0. The first kappa shape index (κ1) is 13.1. The van der Waals surface area contributed by atoms with E-state index in [0.29, 0.717) is 12.6 Å². The summed E-state index contributed by atoms with van der Waals surface area (Å²) < 4.78 is 2.16. The van der Waals surface area contributed by atoms with Gasteiger partial charge in [-0.05, 0) is 38.1 Å². The summed E-state index contributed by atoms with van der Waals surface area (Å²) in [6.07, 6.45) is 1.29. The first-order chi connectivity index (χ1) is 10.3. The number of aliphatic hydroxyl groups is 1. The molecule has 2 fully saturated rings. The lowest BCUT2D eigenvalue weighted by Crippen LogP contribution is -2.33. The van der Waals surface area contributed by atoms with Crippen LogP contribution in [0.25, 0.3) is 11.0 Å². The van der Waals surface area contributed by atoms with Gasteiger partial charge < -0.3 is 19.5 Å². The van der Waals surface area contributed by atoms with Crippen molar-refractivity contribution in [1.82, 2.24) is 14.5 Å². The minimum absolute atomic E-state index is 0.147. The van der Waals surface area contributed by atoms with Gasteiger partial charge in [-0.2, -0.15) is 0 Å². The molecule has 0 amide bonds. The van der Waals surface area contributed by atoms with E-state index in [4.69, 9.17) is 4.98 Å². The van der Waals surface area contributed by atoms with Crippen LogP contribution in [0.2, 0.25) is 0 Å². The van der Waals surface area contributed by atoms with Crippen molar-refractivity contribution in [1.29, 1.82) is 0 Å². The molecule has 1 N–H and O–H groups in total. The van der Waals surface area contributed by atoms with Crippen LogP contribution in [0.1, 0.15) is 6.42 Å². The Bertz CT molecular complexity index is 653. The Hall–Kier alpha value is -1.59. The highest BCUT2D eigenvalue weighted by Gasteiger charge is 2.40. The number of hydrogen-bond acceptors (Lipinski definition) is 4. The molecule has 5 heteroatoms. The van der Waals surface area contributed by atoms with Crippen LogP contribution < -0.4 is 4.90 Å². The highest BCUT2D eigenvalue weighted by molar-refractivity contribution is 5.79. The molecular weight excluding hydrogens is 264 g/mol. The minimum atomic E-state index is 0.147. The van der Waals surface area contributed by atoms with Crippen LogP contribution in [0, 0.1) is 5.92 Å². The van der Waals surface area contributed by atoms with Crippen molar-refractivity contribution >= 4 is 17.0 Å². The Morgan fingerprint density at radius 1 is 1.29 bits per heavy atom. The molecule has 0 radical (unpaired) electrons. The number of benzene rings is 1. The molecule has 2 saturated heterocycles. The van der Waals surface area contributed by atoms with Gasteiger partial charge in [0.2, 0.25) is 5.95 Å². The number of fused-ring (bicyclic) bond motifs is 2. The standard InChI is InChI=1S/C16H22N4O/c1-18-7-6-12-10-19(11-15(12)18)16-17-13-4-2-3-5-14(13)20(16)8-9-21/h2-5,12,15,21H,6-11H2,1H3/t12-,15+/m1/s1. The summed E-state index contributed by atoms with van der Waals surface area (Å²) in [5, 5.41) is 9.39. The van der Waals surface area contributed by atoms with E-state index in [-0.39, 0.29) is 6.61 Å². The molecule has 0 saturated carbocycles. The number of nitrogens with zero attached hydrogens (tertiary/aromatic N) is 4. The smallest absolute Gasteiger partial charge is 0.206 e. The fraction of sp³-hybridized carbons (Fsp3) is 0.562. The molecule has 0 aliphatic carbocycles. The summed E-state index contributed by atoms with van der Waals surface area (Å²) in [6.45, 7) is 4.11. The number of likely N-dealkylation sites (N-methyl/N-ethyl adjacent to an activating group) is 1. The number of para-hydroxylation sites is 2. The van der Waals surface area contributed by atoms with Crippen LogP contribution in [0.3, 0.4) is 0 Å². The monoisotopic (exact) mass is 286 g/mol. The van der Waals surface area contributed by atoms with E-state index in [1.807, 2.05) is 12.1 Å². The van der Waals surface area contributed by atoms with Crippen LogP contribution in [-0.4, -0.2) is 58.9 Å². The molecule has 0 spiro atoms. The molecule has 0 bridgehead atoms. The predicted molar refractivity (Wildman–Crippen MR) is 83.6 cm³/mol. The van der Waals surface area contributed by atoms with Gasteiger partial charge in [-0.1, -0.05) is 12.1 Å². The zero-order valence-electron chi connectivity index (χ0n) is 12.4. The maximum absolute atomic E-state index is 9.39. The molecule has 2 aromatic rings. The molecule has 2 aliphatic heterocycles. The number of rotatable bonds is 3. The zero-order chi connectivity index (χ0) is 14.4. The summed E-state index contributed by atoms with van der Waals surface area (Å²) in [5.41, 5.74) is 2.14. The first-order valence-electron chi connectivity index (χ1n) is 7.79. The average Bonchev–Trinajstić information content (AvgIpc) is 3.15. The fourth-order valence-electron chi connectivity index (χ4n) is 3.96. The minimum Gasteiger partial charge on any atom is -0.395 e. The molecular formula is C16H22N4O. The molecule has 112 valence electrons. The van der Waals surface area contributed by atoms with E-state index < -0.39 is 0 Å². The van der Waals surface area contributed by atoms with E-state index >= 15 is 0 Å². The Morgan fingerprint density at radius 2 is 2.14 bits per heavy atom. The van der Waals surface area contributed by atoms with Gasteiger partial charge in [0, 0.05) is 25.7 Å². The van der Waals surface area contributed by atoms with E-state index in [1.54, 1.807) is 0 Å². The fourth-order valence-corrected chi connectivity index (χ4v) is 3.96. The lowest BCUT2D eigenvalue weighted by atomic mass is 10.1. The molecule has 1 aromatic carbocycles. The van der Waals surface area contributed by atoms with Gasteiger partial charge in [0.15, 0.2) is 0 Å². The second-order valence-corrected chi connectivity index (χ2v) is 6.28. The molecule has 2 aliphatic rings. The van der Waals surface area contributed by atoms with Crippen molar-refractivity contribution in [3.05, 3.63) is 24.3 Å². The molecule has 1 aromatic heterocycles. The van der Waals surface area contributed by atoms with Crippen molar-refractivity contribution in [3.8, 4) is 0 Å². The van der Waals surface area contributed by atoms with Gasteiger partial charge in [0.05, 0.1) is 17.6 Å². The van der Waals surface area contributed by atoms with E-state index in [9.17, 15) is 5.11 Å². The quantitative estimate of drug-likeness (QED) is 0.920. The highest BCUT2D eigenvalue weighted by atomic mass is 16.3. The van der Waals surface area contributed by atoms with E-state index in [1.165, 1.54) is 13.0 Å². The normalized spacial score (nSPS) is 25.9. The third kappa shape index (κ3) is 2.03. The average molecular weight is 286 g/mol. The maximum Gasteiger partial charge on any atom is 0.206 e. The SMILES string of the molecule is CN1CC[C@@H]2CN(c3nc4ccccc4n3CCO)C[C@@H]21. The number of imidazole rings is 1. The van der Waals surface area contributed by atoms with Crippen LogP contribution in [0.15, 0.2) is 24.3 Å². The predicted octanol–water partition coefficient (Wildman–Crippen LogP) is 1.17. The topological polar surface area (TPSA) is 44.5 Å². The molecule has 2 atom stereocenters. The lowest BCUT2D eigenvalue weighted by molar-refractivity contribution is 0.278. The number of aliphatic hydroxyl groups excluding tert-OH is 1. The van der Waals surface area contributed by atoms with Crippen molar-refractivity contribution in [2.45, 2.75) is 19.0 Å². The van der Waals surface area contributed by atoms with Crippen LogP contribution in [0.5, 0.6) is 0 Å². The Balaban J connectivity index is 1.71. The number of hydrogen-bond donors (Lipinski definition) is 1. The molecule has 3 heterocycles. The summed E-state index contributed by atoms with van der Waals surface area (Å²) in [4.78, 5) is 9.70. The molecule has 5 nitrogen and oxygen atoms in total. The number of aromatic nitrogens is 2. The van der Waals surface area contributed by atoms with Crippen molar-refractivity contribution < 1.29 is 5.11 Å². The maximum atomic E-state index is 9.39. The molecule has 21 heavy (non-hydrogen) atoms. The summed E-state index contributed by atoms with van der Waals surface area (Å²) in [5.74, 6) is 1.78. The third-order valence-corrected chi connectivity index (χ3v) is 5.07. The second-order valence-electron chi connectivity index (χ2n) is 6.28. The summed E-state index contributed by atoms with van der Waals surface area (Å²) in [7, 11) is 2.23. The first-order valence-corrected chi connectivity index (χ1v) is 7.79. The lowest BCUT2D eigenvalue weighted by Gasteiger charge is -2.22. The van der Waals surface area contributed by atoms with Gasteiger partial charge in [-0.15, -0.1) is 0 Å². The van der Waals surface area contributed by atoms with Gasteiger partial charge in [-0.3, -0.25) is 0 Å². The van der Waals surface area contributed by atoms with Gasteiger partial charge in [-0.25, -0.2) is 4.98 Å². The van der Waals surface area contributed by atoms with Crippen LogP contribution in [-0.2, 0) is 6.54 Å². The van der Waals surface area contributed by atoms with Gasteiger partial charge >= 0.3 is 0 Å². The van der Waals surface area contributed by atoms with Crippen molar-refractivity contribution in [2.24, 2.45) is 5.92 Å². The summed E-state index contributed by atoms with van der Waals surface area (Å²) in [6, 6.07) is 8.86. The molecule has 0 unspecified atom stereocenters. The second kappa shape index (κ2) is 5.00. The number of likely N-dealkylation sites (tertiary alicyclic amines) is 1.